The molecule has 0 saturated carbocycles. The number of rotatable bonds is 12. The molecule has 1 unspecified atom stereocenters. The predicted octanol–water partition coefficient (Wildman–Crippen LogP) is 5.14. The first-order valence-corrected chi connectivity index (χ1v) is 13.8. The van der Waals surface area contributed by atoms with Crippen molar-refractivity contribution < 1.29 is 19.1 Å². The minimum atomic E-state index is -0.410. The van der Waals surface area contributed by atoms with Crippen LogP contribution in [0, 0.1) is 0 Å². The smallest absolute Gasteiger partial charge is 0.407 e. The lowest BCUT2D eigenvalue weighted by molar-refractivity contribution is -0.116. The zero-order valence-electron chi connectivity index (χ0n) is 21.7. The molecule has 8 nitrogen and oxygen atoms in total. The molecule has 0 fully saturated rings. The Balaban J connectivity index is 1.32. The van der Waals surface area contributed by atoms with E-state index in [1.807, 2.05) is 43.3 Å². The van der Waals surface area contributed by atoms with Gasteiger partial charge in [0.1, 0.15) is 16.9 Å². The third-order valence-electron chi connectivity index (χ3n) is 6.43. The van der Waals surface area contributed by atoms with Gasteiger partial charge in [-0.2, -0.15) is 0 Å². The van der Waals surface area contributed by atoms with E-state index in [0.29, 0.717) is 45.4 Å². The van der Waals surface area contributed by atoms with Crippen molar-refractivity contribution in [2.24, 2.45) is 4.99 Å². The number of nitrogens with one attached hydrogen (secondary N) is 2. The number of aryl methyl sites for hydroxylation is 1. The Morgan fingerprint density at radius 3 is 2.87 bits per heavy atom. The summed E-state index contributed by atoms with van der Waals surface area (Å²) < 4.78 is 11.4. The molecule has 2 amide bonds. The van der Waals surface area contributed by atoms with E-state index in [1.54, 1.807) is 23.7 Å². The summed E-state index contributed by atoms with van der Waals surface area (Å²) in [5, 5.41) is 6.74. The van der Waals surface area contributed by atoms with Crippen molar-refractivity contribution in [3.8, 4) is 5.75 Å². The van der Waals surface area contributed by atoms with Crippen LogP contribution in [0.3, 0.4) is 0 Å². The van der Waals surface area contributed by atoms with Gasteiger partial charge in [0, 0.05) is 42.2 Å². The maximum atomic E-state index is 12.9. The largest absolute Gasteiger partial charge is 0.494 e. The second kappa shape index (κ2) is 13.7. The fraction of sp³-hybridized carbons (Fsp3) is 0.379. The summed E-state index contributed by atoms with van der Waals surface area (Å²) in [4.78, 5) is 34.5. The van der Waals surface area contributed by atoms with Crippen LogP contribution in [-0.2, 0) is 41.8 Å². The Hall–Kier alpha value is -3.72. The number of para-hydroxylation sites is 1. The number of amides is 2. The van der Waals surface area contributed by atoms with E-state index in [9.17, 15) is 9.59 Å². The summed E-state index contributed by atoms with van der Waals surface area (Å²) in [7, 11) is 0. The molecule has 2 aromatic heterocycles. The topological polar surface area (TPSA) is 102 Å². The third kappa shape index (κ3) is 7.41. The van der Waals surface area contributed by atoms with Crippen LogP contribution in [0.2, 0.25) is 0 Å². The second-order valence-electron chi connectivity index (χ2n) is 9.09. The van der Waals surface area contributed by atoms with Gasteiger partial charge in [-0.05, 0) is 68.1 Å². The quantitative estimate of drug-likeness (QED) is 0.313. The zero-order valence-corrected chi connectivity index (χ0v) is 22.5. The normalized spacial score (nSPS) is 14.3. The highest BCUT2D eigenvalue weighted by Gasteiger charge is 2.28. The van der Waals surface area contributed by atoms with Gasteiger partial charge in [-0.1, -0.05) is 24.3 Å². The molecular weight excluding hydrogens is 500 g/mol. The molecule has 2 N–H and O–H groups in total. The van der Waals surface area contributed by atoms with Crippen molar-refractivity contribution in [1.82, 2.24) is 10.3 Å². The number of aromatic nitrogens is 1. The van der Waals surface area contributed by atoms with E-state index in [0.717, 1.165) is 45.2 Å². The van der Waals surface area contributed by atoms with Gasteiger partial charge >= 0.3 is 6.09 Å². The number of carbonyl (C=O) groups is 2. The van der Waals surface area contributed by atoms with Crippen LogP contribution in [0.1, 0.15) is 46.9 Å². The summed E-state index contributed by atoms with van der Waals surface area (Å²) in [6.45, 7) is 7.12. The summed E-state index contributed by atoms with van der Waals surface area (Å²) in [6, 6.07) is 11.7. The van der Waals surface area contributed by atoms with Gasteiger partial charge in [-0.3, -0.25) is 14.8 Å². The SMILES string of the molecule is C=NCc1c(NC(=O)CCc2ccccc2OCC)sc2c1CCC(OC(=O)NCCc1cccnc1)C2. The first kappa shape index (κ1) is 27.3. The number of alkyl carbamates (subject to hydrolysis) is 1. The lowest BCUT2D eigenvalue weighted by Gasteiger charge is -2.23. The zero-order chi connectivity index (χ0) is 26.7. The Bertz CT molecular complexity index is 1240. The minimum Gasteiger partial charge on any atom is -0.494 e. The van der Waals surface area contributed by atoms with E-state index < -0.39 is 6.09 Å². The average molecular weight is 535 g/mol. The van der Waals surface area contributed by atoms with Crippen LogP contribution < -0.4 is 15.4 Å². The van der Waals surface area contributed by atoms with Gasteiger partial charge in [0.05, 0.1) is 13.2 Å². The number of anilines is 1. The number of nitrogens with zero attached hydrogens (tertiary/aromatic N) is 2. The average Bonchev–Trinajstić information content (AvgIpc) is 3.25. The van der Waals surface area contributed by atoms with Gasteiger partial charge in [-0.15, -0.1) is 11.3 Å². The van der Waals surface area contributed by atoms with Gasteiger partial charge in [0.25, 0.3) is 0 Å². The van der Waals surface area contributed by atoms with Gasteiger partial charge in [-0.25, -0.2) is 4.79 Å². The molecule has 0 bridgehead atoms. The Kier molecular flexibility index (Phi) is 9.86. The summed E-state index contributed by atoms with van der Waals surface area (Å²) in [5.41, 5.74) is 4.28. The van der Waals surface area contributed by atoms with Crippen LogP contribution in [-0.4, -0.2) is 43.0 Å². The van der Waals surface area contributed by atoms with Crippen LogP contribution in [0.4, 0.5) is 9.80 Å². The van der Waals surface area contributed by atoms with Crippen molar-refractivity contribution in [1.29, 1.82) is 0 Å². The van der Waals surface area contributed by atoms with E-state index in [2.05, 4.69) is 27.3 Å². The molecule has 2 heterocycles. The van der Waals surface area contributed by atoms with E-state index in [1.165, 1.54) is 5.56 Å². The number of hydrogen-bond acceptors (Lipinski definition) is 7. The molecule has 0 spiro atoms. The maximum Gasteiger partial charge on any atom is 0.407 e. The molecule has 38 heavy (non-hydrogen) atoms. The van der Waals surface area contributed by atoms with Crippen molar-refractivity contribution in [3.63, 3.8) is 0 Å². The highest BCUT2D eigenvalue weighted by molar-refractivity contribution is 7.16. The molecule has 0 radical (unpaired) electrons. The Labute approximate surface area is 227 Å². The molecular formula is C29H34N4O4S. The van der Waals surface area contributed by atoms with E-state index in [-0.39, 0.29) is 12.0 Å². The van der Waals surface area contributed by atoms with E-state index in [4.69, 9.17) is 9.47 Å². The number of ether oxygens (including phenoxy) is 2. The number of pyridine rings is 1. The number of hydrogen-bond donors (Lipinski definition) is 2. The number of carbonyl (C=O) groups excluding carboxylic acids is 2. The van der Waals surface area contributed by atoms with Crippen molar-refractivity contribution in [2.45, 2.75) is 58.1 Å². The predicted molar refractivity (Wildman–Crippen MR) is 150 cm³/mol. The van der Waals surface area contributed by atoms with Crippen LogP contribution in [0.15, 0.2) is 53.8 Å². The summed E-state index contributed by atoms with van der Waals surface area (Å²) in [6.07, 6.45) is 6.65. The van der Waals surface area contributed by atoms with E-state index >= 15 is 0 Å². The summed E-state index contributed by atoms with van der Waals surface area (Å²) >= 11 is 1.55. The number of fused-ring (bicyclic) bond motifs is 1. The Morgan fingerprint density at radius 2 is 2.08 bits per heavy atom. The standard InChI is InChI=1S/C29H34N4O4S/c1-3-36-25-9-5-4-8-21(25)10-13-27(34)33-28-24(19-30-2)23-12-11-22(17-26(23)38-28)37-29(35)32-16-14-20-7-6-15-31-18-20/h4-9,15,18,22H,2-3,10-14,16-17,19H2,1H3,(H,32,35)(H,33,34). The first-order chi connectivity index (χ1) is 18.6. The molecule has 4 rings (SSSR count). The molecule has 200 valence electrons. The molecule has 1 aromatic carbocycles. The molecule has 1 atom stereocenters. The van der Waals surface area contributed by atoms with Crippen molar-refractivity contribution >= 4 is 35.1 Å². The van der Waals surface area contributed by atoms with Crippen molar-refractivity contribution in [3.05, 3.63) is 75.9 Å². The second-order valence-corrected chi connectivity index (χ2v) is 10.2. The molecule has 9 heteroatoms. The highest BCUT2D eigenvalue weighted by Crippen LogP contribution is 2.39. The first-order valence-electron chi connectivity index (χ1n) is 13.0. The number of benzene rings is 1. The number of aliphatic imine (C=N–C) groups is 1. The molecule has 1 aliphatic carbocycles. The van der Waals surface area contributed by atoms with Gasteiger partial charge < -0.3 is 20.1 Å². The highest BCUT2D eigenvalue weighted by atomic mass is 32.1. The lowest BCUT2D eigenvalue weighted by atomic mass is 9.93. The maximum absolute atomic E-state index is 12.9. The van der Waals surface area contributed by atoms with Gasteiger partial charge in [0.15, 0.2) is 0 Å². The Morgan fingerprint density at radius 1 is 1.21 bits per heavy atom. The van der Waals surface area contributed by atoms with Crippen molar-refractivity contribution in [2.75, 3.05) is 18.5 Å². The fourth-order valence-electron chi connectivity index (χ4n) is 4.59. The third-order valence-corrected chi connectivity index (χ3v) is 7.64. The van der Waals surface area contributed by atoms with Crippen LogP contribution >= 0.6 is 11.3 Å². The van der Waals surface area contributed by atoms with Crippen LogP contribution in [0.5, 0.6) is 5.75 Å². The number of thiophene rings is 1. The molecule has 0 aliphatic heterocycles. The molecule has 3 aromatic rings. The lowest BCUT2D eigenvalue weighted by Crippen LogP contribution is -2.33. The molecule has 0 saturated heterocycles. The van der Waals surface area contributed by atoms with Crippen LogP contribution in [0.25, 0.3) is 0 Å². The summed E-state index contributed by atoms with van der Waals surface area (Å²) in [5.74, 6) is 0.763. The monoisotopic (exact) mass is 534 g/mol. The minimum absolute atomic E-state index is 0.0546. The fourth-order valence-corrected chi connectivity index (χ4v) is 5.93. The van der Waals surface area contributed by atoms with Gasteiger partial charge in [0.2, 0.25) is 5.91 Å². The molecule has 1 aliphatic rings.